The van der Waals surface area contributed by atoms with Gasteiger partial charge in [-0.3, -0.25) is 4.79 Å². The first-order valence-electron chi connectivity index (χ1n) is 6.13. The number of hydrogen-bond donors (Lipinski definition) is 2. The SMILES string of the molecule is CC(=O)Nc1ccc(Nc2ccc(Cl)c(C(F)(F)F)c2)nc1. The minimum absolute atomic E-state index is 0.205. The summed E-state index contributed by atoms with van der Waals surface area (Å²) in [6.45, 7) is 1.36. The van der Waals surface area contributed by atoms with E-state index in [9.17, 15) is 18.0 Å². The maximum absolute atomic E-state index is 12.8. The van der Waals surface area contributed by atoms with Gasteiger partial charge in [0.1, 0.15) is 5.82 Å². The Kier molecular flexibility index (Phi) is 4.56. The second-order valence-electron chi connectivity index (χ2n) is 4.43. The van der Waals surface area contributed by atoms with Crippen LogP contribution in [0.15, 0.2) is 36.5 Å². The molecule has 22 heavy (non-hydrogen) atoms. The molecule has 0 aliphatic rings. The summed E-state index contributed by atoms with van der Waals surface area (Å²) in [7, 11) is 0. The molecule has 0 atom stereocenters. The molecular weight excluding hydrogens is 319 g/mol. The summed E-state index contributed by atoms with van der Waals surface area (Å²) in [4.78, 5) is 14.9. The lowest BCUT2D eigenvalue weighted by Gasteiger charge is -2.12. The normalized spacial score (nSPS) is 11.1. The Balaban J connectivity index is 2.19. The van der Waals surface area contributed by atoms with E-state index < -0.39 is 11.7 Å². The lowest BCUT2D eigenvalue weighted by Crippen LogP contribution is -2.07. The van der Waals surface area contributed by atoms with Gasteiger partial charge in [0.15, 0.2) is 0 Å². The Bertz CT molecular complexity index is 687. The number of aromatic nitrogens is 1. The van der Waals surface area contributed by atoms with Crippen molar-refractivity contribution in [2.75, 3.05) is 10.6 Å². The zero-order valence-corrected chi connectivity index (χ0v) is 12.1. The van der Waals surface area contributed by atoms with E-state index in [-0.39, 0.29) is 16.6 Å². The first-order valence-corrected chi connectivity index (χ1v) is 6.51. The second-order valence-corrected chi connectivity index (χ2v) is 4.84. The van der Waals surface area contributed by atoms with Gasteiger partial charge in [-0.25, -0.2) is 4.98 Å². The Hall–Kier alpha value is -2.28. The third-order valence-electron chi connectivity index (χ3n) is 2.63. The number of benzene rings is 1. The lowest BCUT2D eigenvalue weighted by molar-refractivity contribution is -0.137. The molecule has 116 valence electrons. The molecule has 1 aromatic carbocycles. The fourth-order valence-electron chi connectivity index (χ4n) is 1.71. The highest BCUT2D eigenvalue weighted by Crippen LogP contribution is 2.36. The van der Waals surface area contributed by atoms with Crippen molar-refractivity contribution >= 4 is 34.7 Å². The Morgan fingerprint density at radius 3 is 2.41 bits per heavy atom. The highest BCUT2D eigenvalue weighted by Gasteiger charge is 2.33. The molecule has 4 nitrogen and oxygen atoms in total. The number of amides is 1. The van der Waals surface area contributed by atoms with Gasteiger partial charge in [-0.15, -0.1) is 0 Å². The summed E-state index contributed by atoms with van der Waals surface area (Å²) in [5, 5.41) is 4.91. The van der Waals surface area contributed by atoms with Crippen LogP contribution in [0.25, 0.3) is 0 Å². The van der Waals surface area contributed by atoms with Gasteiger partial charge in [0.05, 0.1) is 22.5 Å². The van der Waals surface area contributed by atoms with Crippen molar-refractivity contribution < 1.29 is 18.0 Å². The predicted molar refractivity (Wildman–Crippen MR) is 78.3 cm³/mol. The molecule has 2 rings (SSSR count). The van der Waals surface area contributed by atoms with Gasteiger partial charge in [-0.05, 0) is 30.3 Å². The van der Waals surface area contributed by atoms with Gasteiger partial charge in [0.2, 0.25) is 5.91 Å². The van der Waals surface area contributed by atoms with Gasteiger partial charge >= 0.3 is 6.18 Å². The number of pyridine rings is 1. The molecule has 8 heteroatoms. The molecule has 1 amide bonds. The van der Waals surface area contributed by atoms with E-state index in [1.54, 1.807) is 6.07 Å². The molecule has 0 aliphatic carbocycles. The van der Waals surface area contributed by atoms with E-state index in [0.717, 1.165) is 6.07 Å². The van der Waals surface area contributed by atoms with Crippen molar-refractivity contribution in [3.63, 3.8) is 0 Å². The number of nitrogens with one attached hydrogen (secondary N) is 2. The molecule has 0 aliphatic heterocycles. The summed E-state index contributed by atoms with van der Waals surface area (Å²) >= 11 is 5.55. The molecule has 0 radical (unpaired) electrons. The summed E-state index contributed by atoms with van der Waals surface area (Å²) in [6, 6.07) is 6.61. The quantitative estimate of drug-likeness (QED) is 0.874. The average molecular weight is 330 g/mol. The molecule has 2 N–H and O–H groups in total. The van der Waals surface area contributed by atoms with E-state index in [2.05, 4.69) is 15.6 Å². The van der Waals surface area contributed by atoms with E-state index in [4.69, 9.17) is 11.6 Å². The van der Waals surface area contributed by atoms with Gasteiger partial charge in [0, 0.05) is 12.6 Å². The van der Waals surface area contributed by atoms with Crippen molar-refractivity contribution in [3.05, 3.63) is 47.1 Å². The van der Waals surface area contributed by atoms with Crippen LogP contribution in [-0.2, 0) is 11.0 Å². The van der Waals surface area contributed by atoms with E-state index in [1.807, 2.05) is 0 Å². The van der Waals surface area contributed by atoms with Gasteiger partial charge < -0.3 is 10.6 Å². The van der Waals surface area contributed by atoms with E-state index in [1.165, 1.54) is 31.3 Å². The minimum Gasteiger partial charge on any atom is -0.340 e. The molecule has 0 saturated carbocycles. The van der Waals surface area contributed by atoms with Crippen LogP contribution in [-0.4, -0.2) is 10.9 Å². The monoisotopic (exact) mass is 329 g/mol. The van der Waals surface area contributed by atoms with Crippen LogP contribution in [0.3, 0.4) is 0 Å². The highest BCUT2D eigenvalue weighted by molar-refractivity contribution is 6.31. The largest absolute Gasteiger partial charge is 0.417 e. The smallest absolute Gasteiger partial charge is 0.340 e. The number of rotatable bonds is 3. The van der Waals surface area contributed by atoms with Crippen molar-refractivity contribution in [1.29, 1.82) is 0 Å². The number of anilines is 3. The third kappa shape index (κ3) is 4.11. The van der Waals surface area contributed by atoms with Crippen LogP contribution in [0.5, 0.6) is 0 Å². The van der Waals surface area contributed by atoms with Gasteiger partial charge in [0.25, 0.3) is 0 Å². The van der Waals surface area contributed by atoms with Crippen molar-refractivity contribution in [1.82, 2.24) is 4.98 Å². The molecule has 1 aromatic heterocycles. The van der Waals surface area contributed by atoms with Crippen LogP contribution in [0.1, 0.15) is 12.5 Å². The van der Waals surface area contributed by atoms with Crippen LogP contribution >= 0.6 is 11.6 Å². The first kappa shape index (κ1) is 16.1. The fraction of sp³-hybridized carbons (Fsp3) is 0.143. The number of nitrogens with zero attached hydrogens (tertiary/aromatic N) is 1. The maximum atomic E-state index is 12.8. The first-order chi connectivity index (χ1) is 10.3. The molecule has 0 saturated heterocycles. The number of halogens is 4. The van der Waals surface area contributed by atoms with Gasteiger partial charge in [-0.2, -0.15) is 13.2 Å². The third-order valence-corrected chi connectivity index (χ3v) is 2.96. The lowest BCUT2D eigenvalue weighted by atomic mass is 10.2. The molecule has 1 heterocycles. The van der Waals surface area contributed by atoms with Crippen LogP contribution < -0.4 is 10.6 Å². The van der Waals surface area contributed by atoms with Crippen LogP contribution in [0.4, 0.5) is 30.4 Å². The summed E-state index contributed by atoms with van der Waals surface area (Å²) in [5.41, 5.74) is -0.226. The van der Waals surface area contributed by atoms with E-state index in [0.29, 0.717) is 11.5 Å². The minimum atomic E-state index is -4.53. The van der Waals surface area contributed by atoms with Crippen LogP contribution in [0, 0.1) is 0 Å². The molecular formula is C14H11ClF3N3O. The second kappa shape index (κ2) is 6.23. The number of hydrogen-bond acceptors (Lipinski definition) is 3. The Labute approximate surface area is 129 Å². The molecule has 0 spiro atoms. The number of alkyl halides is 3. The zero-order chi connectivity index (χ0) is 16.3. The average Bonchev–Trinajstić information content (AvgIpc) is 2.41. The maximum Gasteiger partial charge on any atom is 0.417 e. The standard InChI is InChI=1S/C14H11ClF3N3O/c1-8(22)20-10-3-5-13(19-7-10)21-9-2-4-12(15)11(6-9)14(16,17)18/h2-7H,1H3,(H,19,21)(H,20,22). The molecule has 0 unspecified atom stereocenters. The molecule has 0 bridgehead atoms. The fourth-order valence-corrected chi connectivity index (χ4v) is 1.94. The number of carbonyl (C=O) groups is 1. The van der Waals surface area contributed by atoms with E-state index >= 15 is 0 Å². The molecule has 0 fully saturated rings. The topological polar surface area (TPSA) is 54.0 Å². The van der Waals surface area contributed by atoms with Crippen molar-refractivity contribution in [2.45, 2.75) is 13.1 Å². The summed E-state index contributed by atoms with van der Waals surface area (Å²) in [6.07, 6.45) is -3.14. The summed E-state index contributed by atoms with van der Waals surface area (Å²) in [5.74, 6) is 0.0968. The van der Waals surface area contributed by atoms with Crippen LogP contribution in [0.2, 0.25) is 5.02 Å². The molecule has 2 aromatic rings. The zero-order valence-electron chi connectivity index (χ0n) is 11.3. The predicted octanol–water partition coefficient (Wildman–Crippen LogP) is 4.46. The van der Waals surface area contributed by atoms with Gasteiger partial charge in [-0.1, -0.05) is 11.6 Å². The number of carbonyl (C=O) groups excluding carboxylic acids is 1. The Morgan fingerprint density at radius 1 is 1.18 bits per heavy atom. The Morgan fingerprint density at radius 2 is 1.86 bits per heavy atom. The van der Waals surface area contributed by atoms with Crippen molar-refractivity contribution in [2.24, 2.45) is 0 Å². The summed E-state index contributed by atoms with van der Waals surface area (Å²) < 4.78 is 38.3. The highest BCUT2D eigenvalue weighted by atomic mass is 35.5. The van der Waals surface area contributed by atoms with Crippen molar-refractivity contribution in [3.8, 4) is 0 Å².